The summed E-state index contributed by atoms with van der Waals surface area (Å²) in [5.74, 6) is -2.17. The van der Waals surface area contributed by atoms with Crippen molar-refractivity contribution in [3.8, 4) is 6.07 Å². The van der Waals surface area contributed by atoms with Crippen LogP contribution in [0.25, 0.3) is 0 Å². The van der Waals surface area contributed by atoms with E-state index in [0.717, 1.165) is 43.9 Å². The van der Waals surface area contributed by atoms with Crippen molar-refractivity contribution in [2.45, 2.75) is 38.4 Å². The van der Waals surface area contributed by atoms with Crippen LogP contribution in [0.4, 0.5) is 13.2 Å². The third kappa shape index (κ3) is 5.57. The summed E-state index contributed by atoms with van der Waals surface area (Å²) in [5, 5.41) is 8.30. The fraction of sp³-hybridized carbons (Fsp3) is 0.389. The molecule has 1 aliphatic carbocycles. The van der Waals surface area contributed by atoms with Crippen LogP contribution in [-0.4, -0.2) is 6.10 Å². The molecule has 1 aromatic rings. The highest BCUT2D eigenvalue weighted by Gasteiger charge is 2.20. The average molecular weight is 321 g/mol. The lowest BCUT2D eigenvalue weighted by atomic mass is 9.87. The number of hydrogen-bond acceptors (Lipinski definition) is 2. The number of nitrogens with zero attached hydrogens (tertiary/aromatic N) is 1. The van der Waals surface area contributed by atoms with E-state index in [4.69, 9.17) is 10.00 Å². The van der Waals surface area contributed by atoms with Crippen LogP contribution >= 0.6 is 0 Å². The lowest BCUT2D eigenvalue weighted by Gasteiger charge is -2.26. The van der Waals surface area contributed by atoms with E-state index in [0.29, 0.717) is 11.5 Å². The molecule has 122 valence electrons. The van der Waals surface area contributed by atoms with Crippen molar-refractivity contribution in [1.29, 1.82) is 5.26 Å². The Morgan fingerprint density at radius 3 is 2.61 bits per heavy atom. The summed E-state index contributed by atoms with van der Waals surface area (Å²) >= 11 is 0. The van der Waals surface area contributed by atoms with Crippen LogP contribution < -0.4 is 0 Å². The summed E-state index contributed by atoms with van der Waals surface area (Å²) < 4.78 is 44.3. The van der Waals surface area contributed by atoms with Crippen molar-refractivity contribution in [3.63, 3.8) is 0 Å². The van der Waals surface area contributed by atoms with Crippen molar-refractivity contribution in [1.82, 2.24) is 0 Å². The number of nitriles is 1. The molecule has 1 fully saturated rings. The molecule has 0 bridgehead atoms. The summed E-state index contributed by atoms with van der Waals surface area (Å²) in [6.07, 6.45) is 8.30. The zero-order chi connectivity index (χ0) is 16.7. The minimum atomic E-state index is -0.863. The van der Waals surface area contributed by atoms with E-state index in [-0.39, 0.29) is 12.7 Å². The SMILES string of the molecule is N#CC(F)=CC=CC1CCC(OCc2ccc(F)c(F)c2)CC1. The van der Waals surface area contributed by atoms with Gasteiger partial charge in [-0.25, -0.2) is 8.78 Å². The molecule has 1 saturated carbocycles. The van der Waals surface area contributed by atoms with Crippen LogP contribution in [0.2, 0.25) is 0 Å². The maximum absolute atomic E-state index is 13.1. The molecule has 1 aromatic carbocycles. The van der Waals surface area contributed by atoms with E-state index in [1.807, 2.05) is 6.08 Å². The molecule has 0 aliphatic heterocycles. The standard InChI is InChI=1S/C18H18F3NO/c19-15(11-22)3-1-2-13-4-7-16(8-5-13)23-12-14-6-9-17(20)18(21)10-14/h1-3,6,9-10,13,16H,4-5,7-8,12H2. The van der Waals surface area contributed by atoms with E-state index < -0.39 is 17.5 Å². The van der Waals surface area contributed by atoms with Gasteiger partial charge in [0, 0.05) is 0 Å². The number of rotatable bonds is 5. The second-order valence-corrected chi connectivity index (χ2v) is 5.61. The maximum atomic E-state index is 13.1. The van der Waals surface area contributed by atoms with Crippen molar-refractivity contribution in [2.75, 3.05) is 0 Å². The summed E-state index contributed by atoms with van der Waals surface area (Å²) in [7, 11) is 0. The second-order valence-electron chi connectivity index (χ2n) is 5.61. The van der Waals surface area contributed by atoms with E-state index >= 15 is 0 Å². The Kier molecular flexibility index (Phi) is 6.42. The topological polar surface area (TPSA) is 33.0 Å². The van der Waals surface area contributed by atoms with Crippen LogP contribution in [0.1, 0.15) is 31.2 Å². The van der Waals surface area contributed by atoms with E-state index in [2.05, 4.69) is 0 Å². The molecule has 0 unspecified atom stereocenters. The Morgan fingerprint density at radius 1 is 1.22 bits per heavy atom. The average Bonchev–Trinajstić information content (AvgIpc) is 2.57. The summed E-state index contributed by atoms with van der Waals surface area (Å²) in [5.41, 5.74) is 0.614. The molecule has 2 nitrogen and oxygen atoms in total. The summed E-state index contributed by atoms with van der Waals surface area (Å²) in [4.78, 5) is 0. The number of halogens is 3. The first kappa shape index (κ1) is 17.3. The number of benzene rings is 1. The first-order chi connectivity index (χ1) is 11.1. The van der Waals surface area contributed by atoms with Gasteiger partial charge in [0.1, 0.15) is 6.07 Å². The normalized spacial score (nSPS) is 22.3. The van der Waals surface area contributed by atoms with Gasteiger partial charge >= 0.3 is 0 Å². The maximum Gasteiger partial charge on any atom is 0.199 e. The Morgan fingerprint density at radius 2 is 1.96 bits per heavy atom. The minimum Gasteiger partial charge on any atom is -0.374 e. The predicted octanol–water partition coefficient (Wildman–Crippen LogP) is 4.97. The Bertz CT molecular complexity index is 626. The van der Waals surface area contributed by atoms with E-state index in [1.165, 1.54) is 12.1 Å². The van der Waals surface area contributed by atoms with E-state index in [1.54, 1.807) is 6.08 Å². The van der Waals surface area contributed by atoms with Crippen LogP contribution in [0.5, 0.6) is 0 Å². The van der Waals surface area contributed by atoms with Crippen molar-refractivity contribution in [3.05, 3.63) is 59.5 Å². The predicted molar refractivity (Wildman–Crippen MR) is 80.8 cm³/mol. The Labute approximate surface area is 133 Å². The zero-order valence-electron chi connectivity index (χ0n) is 12.6. The van der Waals surface area contributed by atoms with Crippen LogP contribution in [0, 0.1) is 28.9 Å². The van der Waals surface area contributed by atoms with Crippen LogP contribution in [0.15, 0.2) is 42.3 Å². The van der Waals surface area contributed by atoms with E-state index in [9.17, 15) is 13.2 Å². The quantitative estimate of drug-likeness (QED) is 0.566. The van der Waals surface area contributed by atoms with Gasteiger partial charge in [-0.15, -0.1) is 0 Å². The minimum absolute atomic E-state index is 0.0964. The van der Waals surface area contributed by atoms with Crippen LogP contribution in [-0.2, 0) is 11.3 Å². The molecule has 1 aliphatic rings. The van der Waals surface area contributed by atoms with Crippen LogP contribution in [0.3, 0.4) is 0 Å². The molecule has 0 saturated heterocycles. The van der Waals surface area contributed by atoms with Gasteiger partial charge in [-0.3, -0.25) is 0 Å². The lowest BCUT2D eigenvalue weighted by Crippen LogP contribution is -2.20. The Balaban J connectivity index is 1.74. The van der Waals surface area contributed by atoms with Crippen molar-refractivity contribution in [2.24, 2.45) is 5.92 Å². The molecule has 0 heterocycles. The smallest absolute Gasteiger partial charge is 0.199 e. The molecule has 0 atom stereocenters. The third-order valence-electron chi connectivity index (χ3n) is 3.92. The number of ether oxygens (including phenoxy) is 1. The molecule has 0 aromatic heterocycles. The molecule has 2 rings (SSSR count). The van der Waals surface area contributed by atoms with Gasteiger partial charge in [-0.1, -0.05) is 18.2 Å². The third-order valence-corrected chi connectivity index (χ3v) is 3.92. The molecule has 0 spiro atoms. The van der Waals surface area contributed by atoms with Crippen molar-refractivity contribution >= 4 is 0 Å². The largest absolute Gasteiger partial charge is 0.374 e. The van der Waals surface area contributed by atoms with Gasteiger partial charge < -0.3 is 4.74 Å². The summed E-state index contributed by atoms with van der Waals surface area (Å²) in [6.45, 7) is 0.262. The van der Waals surface area contributed by atoms with Gasteiger partial charge in [0.05, 0.1) is 12.7 Å². The Hall–Kier alpha value is -2.06. The second kappa shape index (κ2) is 8.54. The monoisotopic (exact) mass is 321 g/mol. The molecule has 0 radical (unpaired) electrons. The molecule has 0 amide bonds. The van der Waals surface area contributed by atoms with Crippen molar-refractivity contribution < 1.29 is 17.9 Å². The fourth-order valence-electron chi connectivity index (χ4n) is 2.63. The molecular weight excluding hydrogens is 303 g/mol. The number of allylic oxidation sites excluding steroid dienone is 4. The van der Waals surface area contributed by atoms with Gasteiger partial charge in [0.2, 0.25) is 0 Å². The molecule has 0 N–H and O–H groups in total. The zero-order valence-corrected chi connectivity index (χ0v) is 12.6. The molecular formula is C18H18F3NO. The fourth-order valence-corrected chi connectivity index (χ4v) is 2.63. The highest BCUT2D eigenvalue weighted by Crippen LogP contribution is 2.28. The highest BCUT2D eigenvalue weighted by molar-refractivity contribution is 5.19. The first-order valence-corrected chi connectivity index (χ1v) is 7.58. The summed E-state index contributed by atoms with van der Waals surface area (Å²) in [6, 6.07) is 5.19. The first-order valence-electron chi connectivity index (χ1n) is 7.58. The van der Waals surface area contributed by atoms with Gasteiger partial charge in [0.15, 0.2) is 17.5 Å². The molecule has 5 heteroatoms. The van der Waals surface area contributed by atoms with Gasteiger partial charge in [-0.2, -0.15) is 9.65 Å². The number of hydrogen-bond donors (Lipinski definition) is 0. The highest BCUT2D eigenvalue weighted by atomic mass is 19.2. The van der Waals surface area contributed by atoms with Gasteiger partial charge in [0.25, 0.3) is 0 Å². The molecule has 23 heavy (non-hydrogen) atoms. The van der Waals surface area contributed by atoms with Gasteiger partial charge in [-0.05, 0) is 55.4 Å². The lowest BCUT2D eigenvalue weighted by molar-refractivity contribution is 0.0109.